The number of amides is 2. The first kappa shape index (κ1) is 22.7. The number of hydrogen-bond acceptors (Lipinski definition) is 6. The van der Waals surface area contributed by atoms with Gasteiger partial charge in [-0.05, 0) is 71.6 Å². The van der Waals surface area contributed by atoms with Crippen LogP contribution in [0.25, 0.3) is 0 Å². The molecular weight excluding hydrogens is 398 g/mol. The molecule has 4 rings (SSSR count). The van der Waals surface area contributed by atoms with Gasteiger partial charge in [-0.15, -0.1) is 0 Å². The molecule has 0 saturated carbocycles. The molecule has 0 aliphatic carbocycles. The van der Waals surface area contributed by atoms with Crippen molar-refractivity contribution in [1.82, 2.24) is 10.3 Å². The fraction of sp³-hybridized carbons (Fsp3) is 0.870. The minimum Gasteiger partial charge on any atom is -0.390 e. The maximum absolute atomic E-state index is 12.7. The smallest absolute Gasteiger partial charge is 0.248 e. The minimum atomic E-state index is -0.568. The van der Waals surface area contributed by atoms with Crippen molar-refractivity contribution in [2.45, 2.75) is 96.1 Å². The summed E-state index contributed by atoms with van der Waals surface area (Å²) in [5.74, 6) is -0.259. The number of nitrogens with one attached hydrogen (secondary N) is 1. The molecule has 4 aliphatic rings. The predicted octanol–water partition coefficient (Wildman–Crippen LogP) is 1.99. The number of aliphatic hydroxyl groups is 1. The zero-order valence-electron chi connectivity index (χ0n) is 19.3. The van der Waals surface area contributed by atoms with Crippen LogP contribution in [-0.4, -0.2) is 70.6 Å². The van der Waals surface area contributed by atoms with Gasteiger partial charge in [-0.1, -0.05) is 0 Å². The van der Waals surface area contributed by atoms with E-state index >= 15 is 0 Å². The normalized spacial score (nSPS) is 37.1. The number of aliphatic hydroxyl groups excluding tert-OH is 1. The topological polar surface area (TPSA) is 100 Å². The third kappa shape index (κ3) is 4.39. The van der Waals surface area contributed by atoms with Crippen molar-refractivity contribution in [3.8, 4) is 0 Å². The highest BCUT2D eigenvalue weighted by molar-refractivity contribution is 6.07. The van der Waals surface area contributed by atoms with E-state index < -0.39 is 11.7 Å². The average Bonchev–Trinajstić information content (AvgIpc) is 3.28. The van der Waals surface area contributed by atoms with Crippen LogP contribution in [0.1, 0.15) is 72.6 Å². The highest BCUT2D eigenvalue weighted by Gasteiger charge is 2.53. The molecule has 2 N–H and O–H groups in total. The van der Waals surface area contributed by atoms with E-state index in [0.29, 0.717) is 19.4 Å². The first-order valence-electron chi connectivity index (χ1n) is 11.7. The standard InChI is InChI=1S/C23H37N3O5/c1-15-16(20(29)25-24-15)5-6-19(28)26-11-9-23(10-12-26)13-18(30-14-23)22(4)8-7-17(27)21(2,3)31-22/h16-18,27H,5-14H2,1-4H3,(H,25,29)/t16?,17-,18+,22+/m0/s1. The SMILES string of the molecule is CC1=NNC(=O)C1CCC(=O)N1CCC2(CC1)CO[C@@H]([C@@]1(C)CC[C@H](O)C(C)(C)O1)C2. The fourth-order valence-corrected chi connectivity index (χ4v) is 5.73. The third-order valence-corrected chi connectivity index (χ3v) is 8.09. The molecule has 0 aromatic heterocycles. The Morgan fingerprint density at radius 3 is 2.58 bits per heavy atom. The zero-order valence-corrected chi connectivity index (χ0v) is 19.3. The van der Waals surface area contributed by atoms with Crippen molar-refractivity contribution in [2.24, 2.45) is 16.4 Å². The number of piperidine rings is 1. The predicted molar refractivity (Wildman–Crippen MR) is 115 cm³/mol. The van der Waals surface area contributed by atoms with Gasteiger partial charge < -0.3 is 19.5 Å². The summed E-state index contributed by atoms with van der Waals surface area (Å²) in [7, 11) is 0. The first-order chi connectivity index (χ1) is 14.5. The second kappa shape index (κ2) is 8.12. The summed E-state index contributed by atoms with van der Waals surface area (Å²) in [4.78, 5) is 26.5. The van der Waals surface area contributed by atoms with E-state index in [-0.39, 0.29) is 34.9 Å². The van der Waals surface area contributed by atoms with E-state index in [2.05, 4.69) is 17.5 Å². The second-order valence-corrected chi connectivity index (χ2v) is 10.8. The van der Waals surface area contributed by atoms with Crippen LogP contribution < -0.4 is 5.43 Å². The van der Waals surface area contributed by atoms with Crippen LogP contribution in [0.3, 0.4) is 0 Å². The number of ether oxygens (including phenoxy) is 2. The largest absolute Gasteiger partial charge is 0.390 e. The molecule has 4 aliphatic heterocycles. The Morgan fingerprint density at radius 2 is 1.97 bits per heavy atom. The van der Waals surface area contributed by atoms with Crippen LogP contribution >= 0.6 is 0 Å². The Labute approximate surface area is 184 Å². The third-order valence-electron chi connectivity index (χ3n) is 8.09. The van der Waals surface area contributed by atoms with E-state index in [9.17, 15) is 14.7 Å². The van der Waals surface area contributed by atoms with Gasteiger partial charge in [-0.25, -0.2) is 5.43 Å². The number of hydrogen-bond donors (Lipinski definition) is 2. The summed E-state index contributed by atoms with van der Waals surface area (Å²) < 4.78 is 12.7. The number of carbonyl (C=O) groups excluding carboxylic acids is 2. The lowest BCUT2D eigenvalue weighted by Gasteiger charge is -2.48. The number of hydrazone groups is 1. The van der Waals surface area contributed by atoms with E-state index in [1.807, 2.05) is 25.7 Å². The molecular formula is C23H37N3O5. The summed E-state index contributed by atoms with van der Waals surface area (Å²) in [6, 6.07) is 0. The van der Waals surface area contributed by atoms with E-state index in [4.69, 9.17) is 9.47 Å². The molecule has 174 valence electrons. The molecule has 4 heterocycles. The summed E-state index contributed by atoms with van der Waals surface area (Å²) >= 11 is 0. The highest BCUT2D eigenvalue weighted by Crippen LogP contribution is 2.49. The second-order valence-electron chi connectivity index (χ2n) is 10.8. The van der Waals surface area contributed by atoms with Gasteiger partial charge in [0.15, 0.2) is 0 Å². The molecule has 0 radical (unpaired) electrons. The quantitative estimate of drug-likeness (QED) is 0.703. The summed E-state index contributed by atoms with van der Waals surface area (Å²) in [6.07, 6.45) is 4.78. The van der Waals surface area contributed by atoms with Gasteiger partial charge in [0.1, 0.15) is 0 Å². The molecule has 4 atom stereocenters. The number of carbonyl (C=O) groups is 2. The number of rotatable bonds is 4. The van der Waals surface area contributed by atoms with Crippen LogP contribution in [0.15, 0.2) is 5.10 Å². The first-order valence-corrected chi connectivity index (χ1v) is 11.7. The number of likely N-dealkylation sites (tertiary alicyclic amines) is 1. The molecule has 1 spiro atoms. The average molecular weight is 436 g/mol. The van der Waals surface area contributed by atoms with Crippen molar-refractivity contribution < 1.29 is 24.2 Å². The van der Waals surface area contributed by atoms with Crippen molar-refractivity contribution in [2.75, 3.05) is 19.7 Å². The Balaban J connectivity index is 1.28. The van der Waals surface area contributed by atoms with Gasteiger partial charge in [-0.2, -0.15) is 5.10 Å². The van der Waals surface area contributed by atoms with E-state index in [1.165, 1.54) is 0 Å². The molecule has 3 fully saturated rings. The summed E-state index contributed by atoms with van der Waals surface area (Å²) in [6.45, 7) is 10.0. The van der Waals surface area contributed by atoms with Crippen LogP contribution in [0.4, 0.5) is 0 Å². The van der Waals surface area contributed by atoms with Gasteiger partial charge in [0.25, 0.3) is 0 Å². The highest BCUT2D eigenvalue weighted by atomic mass is 16.6. The van der Waals surface area contributed by atoms with Gasteiger partial charge in [0.05, 0.1) is 35.9 Å². The van der Waals surface area contributed by atoms with Crippen LogP contribution in [0.2, 0.25) is 0 Å². The lowest BCUT2D eigenvalue weighted by Crippen LogP contribution is -2.56. The van der Waals surface area contributed by atoms with E-state index in [1.54, 1.807) is 0 Å². The Bertz CT molecular complexity index is 758. The molecule has 0 aromatic rings. The lowest BCUT2D eigenvalue weighted by molar-refractivity contribution is -0.245. The van der Waals surface area contributed by atoms with Crippen molar-refractivity contribution in [3.05, 3.63) is 0 Å². The zero-order chi connectivity index (χ0) is 22.4. The molecule has 8 nitrogen and oxygen atoms in total. The molecule has 0 aromatic carbocycles. The van der Waals surface area contributed by atoms with Crippen LogP contribution in [0, 0.1) is 11.3 Å². The molecule has 0 bridgehead atoms. The molecule has 31 heavy (non-hydrogen) atoms. The maximum atomic E-state index is 12.7. The van der Waals surface area contributed by atoms with E-state index in [0.717, 1.165) is 50.9 Å². The Kier molecular flexibility index (Phi) is 5.94. The monoisotopic (exact) mass is 435 g/mol. The van der Waals surface area contributed by atoms with Crippen molar-refractivity contribution >= 4 is 17.5 Å². The maximum Gasteiger partial charge on any atom is 0.248 e. The van der Waals surface area contributed by atoms with Gasteiger partial charge in [-0.3, -0.25) is 9.59 Å². The molecule has 1 unspecified atom stereocenters. The molecule has 2 amide bonds. The van der Waals surface area contributed by atoms with Gasteiger partial charge in [0, 0.05) is 25.2 Å². The summed E-state index contributed by atoms with van der Waals surface area (Å²) in [5, 5.41) is 14.2. The number of nitrogens with zero attached hydrogens (tertiary/aromatic N) is 2. The Morgan fingerprint density at radius 1 is 1.26 bits per heavy atom. The molecule has 8 heteroatoms. The van der Waals surface area contributed by atoms with Gasteiger partial charge >= 0.3 is 0 Å². The molecule has 3 saturated heterocycles. The van der Waals surface area contributed by atoms with Crippen molar-refractivity contribution in [1.29, 1.82) is 0 Å². The summed E-state index contributed by atoms with van der Waals surface area (Å²) in [5.41, 5.74) is 2.39. The minimum absolute atomic E-state index is 0.0182. The van der Waals surface area contributed by atoms with Crippen LogP contribution in [-0.2, 0) is 19.1 Å². The van der Waals surface area contributed by atoms with Crippen molar-refractivity contribution in [3.63, 3.8) is 0 Å². The Hall–Kier alpha value is -1.51. The fourth-order valence-electron chi connectivity index (χ4n) is 5.73. The van der Waals surface area contributed by atoms with Gasteiger partial charge in [0.2, 0.25) is 11.8 Å². The van der Waals surface area contributed by atoms with Crippen LogP contribution in [0.5, 0.6) is 0 Å². The lowest BCUT2D eigenvalue weighted by atomic mass is 9.73.